The molecule has 0 bridgehead atoms. The molecule has 15 heavy (non-hydrogen) atoms. The van der Waals surface area contributed by atoms with E-state index in [1.807, 2.05) is 0 Å². The summed E-state index contributed by atoms with van der Waals surface area (Å²) in [6.45, 7) is 1.69. The SMILES string of the molecule is Cc1ccccc1C(N(C)C)C(F)(F)F. The zero-order chi connectivity index (χ0) is 11.6. The molecule has 1 atom stereocenters. The number of alkyl halides is 3. The second kappa shape index (κ2) is 4.23. The number of hydrogen-bond donors (Lipinski definition) is 0. The van der Waals surface area contributed by atoms with E-state index in [0.717, 1.165) is 0 Å². The van der Waals surface area contributed by atoms with E-state index in [-0.39, 0.29) is 0 Å². The van der Waals surface area contributed by atoms with Crippen LogP contribution in [0.25, 0.3) is 0 Å². The van der Waals surface area contributed by atoms with E-state index in [4.69, 9.17) is 0 Å². The minimum Gasteiger partial charge on any atom is -0.295 e. The van der Waals surface area contributed by atoms with Crippen LogP contribution in [-0.2, 0) is 0 Å². The zero-order valence-electron chi connectivity index (χ0n) is 8.97. The molecule has 0 heterocycles. The molecule has 0 saturated heterocycles. The summed E-state index contributed by atoms with van der Waals surface area (Å²) in [5.41, 5.74) is 0.975. The largest absolute Gasteiger partial charge is 0.408 e. The van der Waals surface area contributed by atoms with Crippen LogP contribution in [0.2, 0.25) is 0 Å². The molecule has 1 rings (SSSR count). The van der Waals surface area contributed by atoms with Crippen LogP contribution in [-0.4, -0.2) is 25.2 Å². The fourth-order valence-corrected chi connectivity index (χ4v) is 1.64. The standard InChI is InChI=1S/C11H14F3N/c1-8-6-4-5-7-9(8)10(15(2)3)11(12,13)14/h4-7,10H,1-3H3. The number of rotatable bonds is 2. The maximum atomic E-state index is 12.8. The summed E-state index contributed by atoms with van der Waals surface area (Å²) >= 11 is 0. The van der Waals surface area contributed by atoms with Crippen LogP contribution >= 0.6 is 0 Å². The lowest BCUT2D eigenvalue weighted by Crippen LogP contribution is -2.33. The molecule has 0 aliphatic rings. The van der Waals surface area contributed by atoms with E-state index in [9.17, 15) is 13.2 Å². The molecular weight excluding hydrogens is 203 g/mol. The maximum absolute atomic E-state index is 12.8. The van der Waals surface area contributed by atoms with Crippen molar-refractivity contribution in [2.75, 3.05) is 14.1 Å². The van der Waals surface area contributed by atoms with Crippen LogP contribution in [0.5, 0.6) is 0 Å². The number of halogens is 3. The predicted octanol–water partition coefficient (Wildman–Crippen LogP) is 3.16. The molecule has 0 radical (unpaired) electrons. The van der Waals surface area contributed by atoms with Crippen molar-refractivity contribution >= 4 is 0 Å². The van der Waals surface area contributed by atoms with Crippen LogP contribution in [0.3, 0.4) is 0 Å². The Labute approximate surface area is 87.5 Å². The summed E-state index contributed by atoms with van der Waals surface area (Å²) in [5, 5.41) is 0. The first-order valence-corrected chi connectivity index (χ1v) is 4.62. The Morgan fingerprint density at radius 1 is 1.13 bits per heavy atom. The Bertz CT molecular complexity index is 331. The lowest BCUT2D eigenvalue weighted by Gasteiger charge is -2.28. The fourth-order valence-electron chi connectivity index (χ4n) is 1.64. The van der Waals surface area contributed by atoms with Gasteiger partial charge in [0.25, 0.3) is 0 Å². The van der Waals surface area contributed by atoms with Gasteiger partial charge in [0.15, 0.2) is 0 Å². The van der Waals surface area contributed by atoms with E-state index < -0.39 is 12.2 Å². The lowest BCUT2D eigenvalue weighted by molar-refractivity contribution is -0.179. The second-order valence-electron chi connectivity index (χ2n) is 3.76. The molecule has 4 heteroatoms. The van der Waals surface area contributed by atoms with Gasteiger partial charge in [0.05, 0.1) is 0 Å². The highest BCUT2D eigenvalue weighted by atomic mass is 19.4. The van der Waals surface area contributed by atoms with Crippen molar-refractivity contribution in [3.05, 3.63) is 35.4 Å². The van der Waals surface area contributed by atoms with Crippen LogP contribution in [0.1, 0.15) is 17.2 Å². The molecule has 1 aromatic rings. The minimum absolute atomic E-state index is 0.315. The second-order valence-corrected chi connectivity index (χ2v) is 3.76. The van der Waals surface area contributed by atoms with Gasteiger partial charge in [-0.25, -0.2) is 0 Å². The monoisotopic (exact) mass is 217 g/mol. The first-order valence-electron chi connectivity index (χ1n) is 4.62. The van der Waals surface area contributed by atoms with Crippen LogP contribution in [0.4, 0.5) is 13.2 Å². The Morgan fingerprint density at radius 3 is 2.07 bits per heavy atom. The van der Waals surface area contributed by atoms with Gasteiger partial charge in [-0.1, -0.05) is 24.3 Å². The van der Waals surface area contributed by atoms with Crippen LogP contribution < -0.4 is 0 Å². The van der Waals surface area contributed by atoms with Gasteiger partial charge in [0.2, 0.25) is 0 Å². The van der Waals surface area contributed by atoms with Crippen molar-refractivity contribution in [2.45, 2.75) is 19.1 Å². The Hall–Kier alpha value is -1.03. The third-order valence-corrected chi connectivity index (χ3v) is 2.31. The summed E-state index contributed by atoms with van der Waals surface area (Å²) in [7, 11) is 2.87. The molecule has 1 aromatic carbocycles. The molecule has 1 unspecified atom stereocenters. The van der Waals surface area contributed by atoms with E-state index in [1.165, 1.54) is 25.1 Å². The van der Waals surface area contributed by atoms with E-state index >= 15 is 0 Å². The van der Waals surface area contributed by atoms with Crippen molar-refractivity contribution in [1.82, 2.24) is 4.90 Å². The molecule has 0 N–H and O–H groups in total. The molecule has 0 fully saturated rings. The van der Waals surface area contributed by atoms with Gasteiger partial charge in [0, 0.05) is 0 Å². The zero-order valence-corrected chi connectivity index (χ0v) is 8.97. The number of hydrogen-bond acceptors (Lipinski definition) is 1. The molecular formula is C11H14F3N. The van der Waals surface area contributed by atoms with Crippen molar-refractivity contribution in [2.24, 2.45) is 0 Å². The highest BCUT2D eigenvalue weighted by Gasteiger charge is 2.42. The number of benzene rings is 1. The predicted molar refractivity (Wildman–Crippen MR) is 53.7 cm³/mol. The molecule has 84 valence electrons. The third-order valence-electron chi connectivity index (χ3n) is 2.31. The first kappa shape index (κ1) is 12.0. The summed E-state index contributed by atoms with van der Waals surface area (Å²) in [6.07, 6.45) is -4.24. The Morgan fingerprint density at radius 2 is 1.67 bits per heavy atom. The molecule has 0 amide bonds. The van der Waals surface area contributed by atoms with Gasteiger partial charge in [-0.2, -0.15) is 13.2 Å². The van der Waals surface area contributed by atoms with Gasteiger partial charge in [-0.05, 0) is 32.1 Å². The molecule has 0 aliphatic heterocycles. The fraction of sp³-hybridized carbons (Fsp3) is 0.455. The maximum Gasteiger partial charge on any atom is 0.408 e. The Balaban J connectivity index is 3.17. The molecule has 0 aromatic heterocycles. The van der Waals surface area contributed by atoms with Crippen LogP contribution in [0, 0.1) is 6.92 Å². The highest BCUT2D eigenvalue weighted by Crippen LogP contribution is 2.37. The van der Waals surface area contributed by atoms with Crippen molar-refractivity contribution < 1.29 is 13.2 Å². The molecule has 0 aliphatic carbocycles. The summed E-state index contributed by atoms with van der Waals surface area (Å²) in [5.74, 6) is 0. The number of aryl methyl sites for hydroxylation is 1. The summed E-state index contributed by atoms with van der Waals surface area (Å²) < 4.78 is 38.4. The minimum atomic E-state index is -4.24. The van der Waals surface area contributed by atoms with Gasteiger partial charge >= 0.3 is 6.18 Å². The van der Waals surface area contributed by atoms with Gasteiger partial charge < -0.3 is 0 Å². The Kier molecular flexibility index (Phi) is 3.39. The van der Waals surface area contributed by atoms with Gasteiger partial charge in [-0.3, -0.25) is 4.90 Å². The van der Waals surface area contributed by atoms with E-state index in [2.05, 4.69) is 0 Å². The van der Waals surface area contributed by atoms with Crippen molar-refractivity contribution in [3.8, 4) is 0 Å². The van der Waals surface area contributed by atoms with Crippen molar-refractivity contribution in [3.63, 3.8) is 0 Å². The van der Waals surface area contributed by atoms with Crippen LogP contribution in [0.15, 0.2) is 24.3 Å². The molecule has 0 saturated carbocycles. The molecule has 0 spiro atoms. The van der Waals surface area contributed by atoms with Gasteiger partial charge in [-0.15, -0.1) is 0 Å². The smallest absolute Gasteiger partial charge is 0.295 e. The summed E-state index contributed by atoms with van der Waals surface area (Å²) in [6, 6.07) is 5.05. The van der Waals surface area contributed by atoms with E-state index in [1.54, 1.807) is 25.1 Å². The lowest BCUT2D eigenvalue weighted by atomic mass is 10.0. The number of nitrogens with zero attached hydrogens (tertiary/aromatic N) is 1. The normalized spacial score (nSPS) is 14.3. The summed E-state index contributed by atoms with van der Waals surface area (Å²) in [4.78, 5) is 1.18. The highest BCUT2D eigenvalue weighted by molar-refractivity contribution is 5.29. The third kappa shape index (κ3) is 2.72. The molecule has 1 nitrogen and oxygen atoms in total. The van der Waals surface area contributed by atoms with Crippen molar-refractivity contribution in [1.29, 1.82) is 0 Å². The topological polar surface area (TPSA) is 3.24 Å². The van der Waals surface area contributed by atoms with E-state index in [0.29, 0.717) is 11.1 Å². The average molecular weight is 217 g/mol. The first-order chi connectivity index (χ1) is 6.84. The average Bonchev–Trinajstić information content (AvgIpc) is 2.05. The van der Waals surface area contributed by atoms with Gasteiger partial charge in [0.1, 0.15) is 6.04 Å². The quantitative estimate of drug-likeness (QED) is 0.735.